The summed E-state index contributed by atoms with van der Waals surface area (Å²) in [5.74, 6) is 0. The molecule has 0 amide bonds. The minimum atomic E-state index is 0.579. The van der Waals surface area contributed by atoms with E-state index in [0.717, 1.165) is 33.0 Å². The van der Waals surface area contributed by atoms with E-state index in [1.807, 2.05) is 48.9 Å². The number of fused-ring (bicyclic) bond motifs is 1. The van der Waals surface area contributed by atoms with Crippen molar-refractivity contribution in [2.45, 2.75) is 20.4 Å². The fourth-order valence-electron chi connectivity index (χ4n) is 2.21. The van der Waals surface area contributed by atoms with Gasteiger partial charge in [-0.2, -0.15) is 10.4 Å². The molecular formula is C16H14N4S. The van der Waals surface area contributed by atoms with E-state index in [1.165, 1.54) is 11.3 Å². The number of nitriles is 1. The number of para-hydroxylation sites is 1. The summed E-state index contributed by atoms with van der Waals surface area (Å²) < 4.78 is 3.01. The van der Waals surface area contributed by atoms with Gasteiger partial charge >= 0.3 is 0 Å². The van der Waals surface area contributed by atoms with Crippen LogP contribution >= 0.6 is 11.3 Å². The lowest BCUT2D eigenvalue weighted by Gasteiger charge is -1.99. The summed E-state index contributed by atoms with van der Waals surface area (Å²) >= 11 is 1.54. The molecule has 0 unspecified atom stereocenters. The zero-order valence-electron chi connectivity index (χ0n) is 11.9. The highest BCUT2D eigenvalue weighted by Gasteiger charge is 2.10. The predicted octanol–water partition coefficient (Wildman–Crippen LogP) is 3.89. The summed E-state index contributed by atoms with van der Waals surface area (Å²) in [5, 5.41) is 14.5. The Morgan fingerprint density at radius 2 is 2.24 bits per heavy atom. The summed E-state index contributed by atoms with van der Waals surface area (Å²) in [4.78, 5) is 4.54. The maximum absolute atomic E-state index is 9.44. The van der Waals surface area contributed by atoms with E-state index < -0.39 is 0 Å². The van der Waals surface area contributed by atoms with Crippen LogP contribution in [0.5, 0.6) is 0 Å². The Labute approximate surface area is 127 Å². The quantitative estimate of drug-likeness (QED) is 0.689. The number of hydrogen-bond donors (Lipinski definition) is 0. The van der Waals surface area contributed by atoms with Crippen molar-refractivity contribution in [2.75, 3.05) is 0 Å². The van der Waals surface area contributed by atoms with Gasteiger partial charge in [-0.1, -0.05) is 12.1 Å². The number of allylic oxidation sites excluding steroid dienone is 1. The first-order valence-electron chi connectivity index (χ1n) is 6.73. The summed E-state index contributed by atoms with van der Waals surface area (Å²) in [6.45, 7) is 4.88. The van der Waals surface area contributed by atoms with Crippen molar-refractivity contribution in [3.63, 3.8) is 0 Å². The Balaban J connectivity index is 2.07. The molecule has 3 aromatic rings. The topological polar surface area (TPSA) is 54.5 Å². The summed E-state index contributed by atoms with van der Waals surface area (Å²) in [6, 6.07) is 10.2. The smallest absolute Gasteiger partial charge is 0.135 e. The minimum Gasteiger partial charge on any atom is -0.270 e. The van der Waals surface area contributed by atoms with Gasteiger partial charge in [0.25, 0.3) is 0 Å². The second kappa shape index (κ2) is 5.51. The summed E-state index contributed by atoms with van der Waals surface area (Å²) in [7, 11) is 0. The molecule has 0 radical (unpaired) electrons. The molecule has 0 fully saturated rings. The molecule has 0 bridgehead atoms. The van der Waals surface area contributed by atoms with Gasteiger partial charge in [0.15, 0.2) is 0 Å². The van der Waals surface area contributed by atoms with Gasteiger partial charge in [-0.3, -0.25) is 4.68 Å². The molecule has 0 atom stereocenters. The molecule has 3 rings (SSSR count). The van der Waals surface area contributed by atoms with E-state index in [4.69, 9.17) is 0 Å². The van der Waals surface area contributed by atoms with Crippen molar-refractivity contribution in [2.24, 2.45) is 0 Å². The number of thiazole rings is 1. The molecule has 0 aliphatic rings. The third kappa shape index (κ3) is 2.46. The first-order chi connectivity index (χ1) is 10.2. The number of aryl methyl sites for hydroxylation is 1. The second-order valence-electron chi connectivity index (χ2n) is 4.66. The fourth-order valence-corrected chi connectivity index (χ4v) is 3.14. The molecule has 0 saturated heterocycles. The Morgan fingerprint density at radius 1 is 1.43 bits per heavy atom. The van der Waals surface area contributed by atoms with Crippen molar-refractivity contribution in [3.05, 3.63) is 46.7 Å². The van der Waals surface area contributed by atoms with Crippen molar-refractivity contribution < 1.29 is 0 Å². The van der Waals surface area contributed by atoms with Crippen LogP contribution in [0, 0.1) is 18.3 Å². The van der Waals surface area contributed by atoms with Crippen LogP contribution in [0.2, 0.25) is 0 Å². The molecular weight excluding hydrogens is 280 g/mol. The highest BCUT2D eigenvalue weighted by Crippen LogP contribution is 2.28. The number of hydrogen-bond acceptors (Lipinski definition) is 4. The van der Waals surface area contributed by atoms with Crippen molar-refractivity contribution in [3.8, 4) is 6.07 Å². The number of nitrogens with zero attached hydrogens (tertiary/aromatic N) is 4. The molecule has 2 heterocycles. The molecule has 0 N–H and O–H groups in total. The number of aromatic nitrogens is 3. The van der Waals surface area contributed by atoms with Gasteiger partial charge in [0, 0.05) is 17.8 Å². The molecule has 5 heteroatoms. The SMILES string of the molecule is CCn1ncc(/C=C(\C#N)c2nc3ccccc3s2)c1C. The van der Waals surface area contributed by atoms with Crippen LogP contribution < -0.4 is 0 Å². The van der Waals surface area contributed by atoms with E-state index in [1.54, 1.807) is 6.20 Å². The zero-order valence-corrected chi connectivity index (χ0v) is 12.7. The molecule has 21 heavy (non-hydrogen) atoms. The lowest BCUT2D eigenvalue weighted by atomic mass is 10.2. The van der Waals surface area contributed by atoms with Crippen LogP contribution in [-0.2, 0) is 6.54 Å². The highest BCUT2D eigenvalue weighted by molar-refractivity contribution is 7.19. The van der Waals surface area contributed by atoms with Crippen molar-refractivity contribution >= 4 is 33.2 Å². The van der Waals surface area contributed by atoms with E-state index in [-0.39, 0.29) is 0 Å². The average Bonchev–Trinajstić information content (AvgIpc) is 3.08. The summed E-state index contributed by atoms with van der Waals surface area (Å²) in [6.07, 6.45) is 3.66. The molecule has 0 spiro atoms. The predicted molar refractivity (Wildman–Crippen MR) is 85.7 cm³/mol. The van der Waals surface area contributed by atoms with E-state index in [2.05, 4.69) is 16.2 Å². The number of benzene rings is 1. The van der Waals surface area contributed by atoms with Crippen LogP contribution in [0.4, 0.5) is 0 Å². The van der Waals surface area contributed by atoms with Crippen LogP contribution in [0.1, 0.15) is 23.2 Å². The Kier molecular flexibility index (Phi) is 3.55. The van der Waals surface area contributed by atoms with E-state index in [9.17, 15) is 5.26 Å². The van der Waals surface area contributed by atoms with Gasteiger partial charge in [0.05, 0.1) is 22.0 Å². The molecule has 0 aliphatic heterocycles. The van der Waals surface area contributed by atoms with Gasteiger partial charge in [0.1, 0.15) is 11.1 Å². The van der Waals surface area contributed by atoms with Gasteiger partial charge in [-0.05, 0) is 32.1 Å². The fraction of sp³-hybridized carbons (Fsp3) is 0.188. The molecule has 104 valence electrons. The van der Waals surface area contributed by atoms with E-state index >= 15 is 0 Å². The third-order valence-corrected chi connectivity index (χ3v) is 4.45. The number of rotatable bonds is 3. The lowest BCUT2D eigenvalue weighted by Crippen LogP contribution is -1.98. The second-order valence-corrected chi connectivity index (χ2v) is 5.69. The molecule has 1 aromatic carbocycles. The Bertz CT molecular complexity index is 831. The van der Waals surface area contributed by atoms with Gasteiger partial charge < -0.3 is 0 Å². The van der Waals surface area contributed by atoms with Gasteiger partial charge in [0.2, 0.25) is 0 Å². The largest absolute Gasteiger partial charge is 0.270 e. The molecule has 2 aromatic heterocycles. The van der Waals surface area contributed by atoms with E-state index in [0.29, 0.717) is 5.57 Å². The maximum Gasteiger partial charge on any atom is 0.135 e. The minimum absolute atomic E-state index is 0.579. The first-order valence-corrected chi connectivity index (χ1v) is 7.54. The van der Waals surface area contributed by atoms with Crippen LogP contribution in [-0.4, -0.2) is 14.8 Å². The van der Waals surface area contributed by atoms with Crippen LogP contribution in [0.25, 0.3) is 21.9 Å². The van der Waals surface area contributed by atoms with Crippen molar-refractivity contribution in [1.29, 1.82) is 5.26 Å². The van der Waals surface area contributed by atoms with Gasteiger partial charge in [-0.15, -0.1) is 11.3 Å². The first kappa shape index (κ1) is 13.5. The van der Waals surface area contributed by atoms with Gasteiger partial charge in [-0.25, -0.2) is 4.98 Å². The molecule has 0 aliphatic carbocycles. The lowest BCUT2D eigenvalue weighted by molar-refractivity contribution is 0.639. The molecule has 4 nitrogen and oxygen atoms in total. The van der Waals surface area contributed by atoms with Crippen molar-refractivity contribution in [1.82, 2.24) is 14.8 Å². The van der Waals surface area contributed by atoms with Crippen LogP contribution in [0.15, 0.2) is 30.5 Å². The normalized spacial score (nSPS) is 11.8. The van der Waals surface area contributed by atoms with Crippen LogP contribution in [0.3, 0.4) is 0 Å². The molecule has 0 saturated carbocycles. The standard InChI is InChI=1S/C16H14N4S/c1-3-20-11(2)13(10-18-20)8-12(9-17)16-19-14-6-4-5-7-15(14)21-16/h4-8,10H,3H2,1-2H3/b12-8+. The third-order valence-electron chi connectivity index (χ3n) is 3.39. The Morgan fingerprint density at radius 3 is 2.90 bits per heavy atom. The average molecular weight is 294 g/mol. The Hall–Kier alpha value is -2.45. The maximum atomic E-state index is 9.44. The zero-order chi connectivity index (χ0) is 14.8. The monoisotopic (exact) mass is 294 g/mol. The highest BCUT2D eigenvalue weighted by atomic mass is 32.1. The summed E-state index contributed by atoms with van der Waals surface area (Å²) in [5.41, 5.74) is 3.54.